The van der Waals surface area contributed by atoms with E-state index in [1.807, 2.05) is 6.07 Å². The summed E-state index contributed by atoms with van der Waals surface area (Å²) in [5, 5.41) is 18.7. The van der Waals surface area contributed by atoms with Gasteiger partial charge in [0.2, 0.25) is 0 Å². The summed E-state index contributed by atoms with van der Waals surface area (Å²) < 4.78 is 4.88. The average Bonchev–Trinajstić information content (AvgIpc) is 2.86. The molecule has 1 fully saturated rings. The van der Waals surface area contributed by atoms with Crippen LogP contribution >= 0.6 is 0 Å². The van der Waals surface area contributed by atoms with Crippen LogP contribution in [0, 0.1) is 18.3 Å². The van der Waals surface area contributed by atoms with Crippen molar-refractivity contribution in [3.8, 4) is 6.07 Å². The molecule has 7 nitrogen and oxygen atoms in total. The molecular formula is C12H15N5O2. The Morgan fingerprint density at radius 1 is 1.63 bits per heavy atom. The fraction of sp³-hybridized carbons (Fsp3) is 0.417. The highest BCUT2D eigenvalue weighted by atomic mass is 16.5. The van der Waals surface area contributed by atoms with E-state index >= 15 is 0 Å². The highest BCUT2D eigenvalue weighted by Crippen LogP contribution is 2.09. The van der Waals surface area contributed by atoms with Crippen molar-refractivity contribution in [3.63, 3.8) is 0 Å². The summed E-state index contributed by atoms with van der Waals surface area (Å²) in [5.41, 5.74) is 0.0579. The molecule has 0 bridgehead atoms. The Labute approximate surface area is 110 Å². The van der Waals surface area contributed by atoms with E-state index in [4.69, 9.17) is 9.78 Å². The first-order chi connectivity index (χ1) is 9.20. The minimum Gasteiger partial charge on any atom is -0.360 e. The molecule has 7 heteroatoms. The monoisotopic (exact) mass is 261 g/mol. The second-order valence-electron chi connectivity index (χ2n) is 4.18. The third-order valence-corrected chi connectivity index (χ3v) is 2.75. The van der Waals surface area contributed by atoms with Gasteiger partial charge in [0.05, 0.1) is 0 Å². The zero-order chi connectivity index (χ0) is 13.7. The van der Waals surface area contributed by atoms with E-state index in [1.165, 1.54) is 6.20 Å². The maximum atomic E-state index is 12.1. The Kier molecular flexibility index (Phi) is 4.15. The Morgan fingerprint density at radius 3 is 2.95 bits per heavy atom. The number of piperazine rings is 1. The van der Waals surface area contributed by atoms with Gasteiger partial charge in [-0.3, -0.25) is 4.79 Å². The van der Waals surface area contributed by atoms with Crippen LogP contribution in [0.25, 0.3) is 0 Å². The SMILES string of the molecule is Cc1cc(N/C=C(/C#N)C(=O)N2CCNCC2)no1. The molecule has 19 heavy (non-hydrogen) atoms. The van der Waals surface area contributed by atoms with Crippen molar-refractivity contribution in [2.45, 2.75) is 6.92 Å². The van der Waals surface area contributed by atoms with Crippen LogP contribution in [0.2, 0.25) is 0 Å². The van der Waals surface area contributed by atoms with Crippen LogP contribution in [0.3, 0.4) is 0 Å². The quantitative estimate of drug-likeness (QED) is 0.597. The molecule has 2 N–H and O–H groups in total. The fourth-order valence-corrected chi connectivity index (χ4v) is 1.76. The molecule has 0 saturated carbocycles. The highest BCUT2D eigenvalue weighted by molar-refractivity contribution is 5.97. The normalized spacial score (nSPS) is 16.0. The van der Waals surface area contributed by atoms with Gasteiger partial charge in [0.15, 0.2) is 5.82 Å². The van der Waals surface area contributed by atoms with Crippen LogP contribution in [0.15, 0.2) is 22.4 Å². The number of aromatic nitrogens is 1. The number of aryl methyl sites for hydroxylation is 1. The molecule has 100 valence electrons. The van der Waals surface area contributed by atoms with Gasteiger partial charge in [0, 0.05) is 38.4 Å². The van der Waals surface area contributed by atoms with Crippen LogP contribution in [0.1, 0.15) is 5.76 Å². The van der Waals surface area contributed by atoms with Crippen molar-refractivity contribution in [2.24, 2.45) is 0 Å². The molecule has 0 spiro atoms. The summed E-state index contributed by atoms with van der Waals surface area (Å²) in [6, 6.07) is 3.59. The fourth-order valence-electron chi connectivity index (χ4n) is 1.76. The number of anilines is 1. The molecule has 0 unspecified atom stereocenters. The van der Waals surface area contributed by atoms with Crippen molar-refractivity contribution in [2.75, 3.05) is 31.5 Å². The summed E-state index contributed by atoms with van der Waals surface area (Å²) in [7, 11) is 0. The van der Waals surface area contributed by atoms with E-state index in [2.05, 4.69) is 15.8 Å². The molecule has 0 aromatic carbocycles. The largest absolute Gasteiger partial charge is 0.360 e. The number of nitriles is 1. The van der Waals surface area contributed by atoms with Gasteiger partial charge in [0.1, 0.15) is 17.4 Å². The molecule has 2 heterocycles. The zero-order valence-electron chi connectivity index (χ0n) is 10.6. The summed E-state index contributed by atoms with van der Waals surface area (Å²) >= 11 is 0. The molecule has 0 aliphatic carbocycles. The zero-order valence-corrected chi connectivity index (χ0v) is 10.6. The minimum atomic E-state index is -0.267. The Balaban J connectivity index is 2.02. The van der Waals surface area contributed by atoms with Gasteiger partial charge in [-0.15, -0.1) is 0 Å². The number of carbonyl (C=O) groups excluding carboxylic acids is 1. The van der Waals surface area contributed by atoms with Crippen LogP contribution in [-0.4, -0.2) is 42.1 Å². The van der Waals surface area contributed by atoms with E-state index in [9.17, 15) is 4.79 Å². The topological polar surface area (TPSA) is 94.2 Å². The first-order valence-electron chi connectivity index (χ1n) is 6.01. The van der Waals surface area contributed by atoms with Gasteiger partial charge < -0.3 is 20.1 Å². The molecule has 0 atom stereocenters. The number of hydrogen-bond acceptors (Lipinski definition) is 6. The van der Waals surface area contributed by atoms with Crippen LogP contribution in [0.5, 0.6) is 0 Å². The van der Waals surface area contributed by atoms with Crippen molar-refractivity contribution >= 4 is 11.7 Å². The van der Waals surface area contributed by atoms with E-state index in [1.54, 1.807) is 17.9 Å². The third kappa shape index (κ3) is 3.33. The summed E-state index contributed by atoms with van der Waals surface area (Å²) in [5.74, 6) is 0.859. The molecule has 1 aromatic rings. The van der Waals surface area contributed by atoms with Crippen LogP contribution in [0.4, 0.5) is 5.82 Å². The van der Waals surface area contributed by atoms with Gasteiger partial charge in [-0.25, -0.2) is 0 Å². The Hall–Kier alpha value is -2.33. The van der Waals surface area contributed by atoms with Gasteiger partial charge >= 0.3 is 0 Å². The number of nitrogens with one attached hydrogen (secondary N) is 2. The lowest BCUT2D eigenvalue weighted by atomic mass is 10.2. The molecule has 2 rings (SSSR count). The average molecular weight is 261 g/mol. The van der Waals surface area contributed by atoms with E-state index in [0.29, 0.717) is 24.7 Å². The maximum Gasteiger partial charge on any atom is 0.266 e. The van der Waals surface area contributed by atoms with Crippen molar-refractivity contribution in [1.82, 2.24) is 15.4 Å². The van der Waals surface area contributed by atoms with Crippen LogP contribution in [-0.2, 0) is 4.79 Å². The molecule has 1 amide bonds. The minimum absolute atomic E-state index is 0.0579. The molecular weight excluding hydrogens is 246 g/mol. The highest BCUT2D eigenvalue weighted by Gasteiger charge is 2.19. The second kappa shape index (κ2) is 6.02. The molecule has 1 aliphatic heterocycles. The predicted molar refractivity (Wildman–Crippen MR) is 68.0 cm³/mol. The number of amides is 1. The number of hydrogen-bond donors (Lipinski definition) is 2. The van der Waals surface area contributed by atoms with Crippen molar-refractivity contribution < 1.29 is 9.32 Å². The first kappa shape index (κ1) is 13.1. The van der Waals surface area contributed by atoms with Crippen LogP contribution < -0.4 is 10.6 Å². The third-order valence-electron chi connectivity index (χ3n) is 2.75. The summed E-state index contributed by atoms with van der Waals surface area (Å²) in [6.45, 7) is 4.49. The molecule has 1 aliphatic rings. The molecule has 0 radical (unpaired) electrons. The van der Waals surface area contributed by atoms with Gasteiger partial charge in [-0.05, 0) is 6.92 Å². The lowest BCUT2D eigenvalue weighted by molar-refractivity contribution is -0.127. The first-order valence-corrected chi connectivity index (χ1v) is 6.01. The van der Waals surface area contributed by atoms with E-state index in [0.717, 1.165) is 13.1 Å². The smallest absolute Gasteiger partial charge is 0.266 e. The van der Waals surface area contributed by atoms with Crippen molar-refractivity contribution in [1.29, 1.82) is 5.26 Å². The molecule has 1 saturated heterocycles. The number of rotatable bonds is 3. The predicted octanol–water partition coefficient (Wildman–Crippen LogP) is 0.234. The van der Waals surface area contributed by atoms with E-state index < -0.39 is 0 Å². The standard InChI is InChI=1S/C12H15N5O2/c1-9-6-11(16-19-9)15-8-10(7-13)12(18)17-4-2-14-3-5-17/h6,8,14H,2-5H2,1H3,(H,15,16)/b10-8-. The van der Waals surface area contributed by atoms with Gasteiger partial charge in [-0.1, -0.05) is 5.16 Å². The summed E-state index contributed by atoms with van der Waals surface area (Å²) in [6.07, 6.45) is 1.36. The van der Waals surface area contributed by atoms with Gasteiger partial charge in [0.25, 0.3) is 5.91 Å². The van der Waals surface area contributed by atoms with Gasteiger partial charge in [-0.2, -0.15) is 5.26 Å². The number of nitrogens with zero attached hydrogens (tertiary/aromatic N) is 3. The lowest BCUT2D eigenvalue weighted by Gasteiger charge is -2.27. The maximum absolute atomic E-state index is 12.1. The Morgan fingerprint density at radius 2 is 2.37 bits per heavy atom. The van der Waals surface area contributed by atoms with E-state index in [-0.39, 0.29) is 11.5 Å². The summed E-state index contributed by atoms with van der Waals surface area (Å²) in [4.78, 5) is 13.7. The second-order valence-corrected chi connectivity index (χ2v) is 4.18. The lowest BCUT2D eigenvalue weighted by Crippen LogP contribution is -2.46. The number of carbonyl (C=O) groups is 1. The van der Waals surface area contributed by atoms with Crippen molar-refractivity contribution in [3.05, 3.63) is 23.6 Å². The molecule has 1 aromatic heterocycles. The Bertz CT molecular complexity index is 522.